The van der Waals surface area contributed by atoms with Gasteiger partial charge in [0, 0.05) is 23.2 Å². The van der Waals surface area contributed by atoms with Gasteiger partial charge in [-0.2, -0.15) is 9.61 Å². The van der Waals surface area contributed by atoms with Crippen LogP contribution in [0.2, 0.25) is 0 Å². The number of thiocarbonyl (C=S) groups is 1. The van der Waals surface area contributed by atoms with Crippen molar-refractivity contribution in [3.8, 4) is 10.6 Å². The second-order valence-electron chi connectivity index (χ2n) is 7.12. The van der Waals surface area contributed by atoms with Gasteiger partial charge in [0.25, 0.3) is 5.91 Å². The zero-order chi connectivity index (χ0) is 22.1. The van der Waals surface area contributed by atoms with Crippen molar-refractivity contribution in [2.75, 3.05) is 5.32 Å². The minimum Gasteiger partial charge on any atom is -0.332 e. The smallest absolute Gasteiger partial charge is 0.257 e. The molecule has 0 aliphatic rings. The Bertz CT molecular complexity index is 1470. The van der Waals surface area contributed by atoms with Crippen molar-refractivity contribution in [1.82, 2.24) is 25.1 Å². The molecule has 0 bridgehead atoms. The van der Waals surface area contributed by atoms with Crippen LogP contribution in [0.3, 0.4) is 0 Å². The number of nitrogens with zero attached hydrogens (tertiary/aromatic N) is 4. The number of nitrogens with one attached hydrogen (secondary N) is 2. The largest absolute Gasteiger partial charge is 0.332 e. The molecule has 0 aliphatic heterocycles. The van der Waals surface area contributed by atoms with Gasteiger partial charge >= 0.3 is 0 Å². The Hall–Kier alpha value is -3.69. The van der Waals surface area contributed by atoms with Gasteiger partial charge in [0.2, 0.25) is 4.96 Å². The van der Waals surface area contributed by atoms with Crippen LogP contribution < -0.4 is 10.6 Å². The summed E-state index contributed by atoms with van der Waals surface area (Å²) >= 11 is 6.83. The summed E-state index contributed by atoms with van der Waals surface area (Å²) in [6, 6.07) is 21.2. The van der Waals surface area contributed by atoms with Gasteiger partial charge in [-0.05, 0) is 47.3 Å². The summed E-state index contributed by atoms with van der Waals surface area (Å²) in [5.74, 6) is 0.569. The van der Waals surface area contributed by atoms with Gasteiger partial charge in [-0.15, -0.1) is 10.2 Å². The Labute approximate surface area is 193 Å². The predicted octanol–water partition coefficient (Wildman–Crippen LogP) is 4.70. The summed E-state index contributed by atoms with van der Waals surface area (Å²) in [6.45, 7) is 2.02. The molecule has 3 aromatic carbocycles. The Morgan fingerprint density at radius 2 is 1.88 bits per heavy atom. The summed E-state index contributed by atoms with van der Waals surface area (Å²) in [5.41, 5.74) is 2.23. The monoisotopic (exact) mass is 458 g/mol. The zero-order valence-electron chi connectivity index (χ0n) is 17.1. The molecule has 158 valence electrons. The van der Waals surface area contributed by atoms with Gasteiger partial charge in [-0.3, -0.25) is 10.1 Å². The summed E-state index contributed by atoms with van der Waals surface area (Å²) in [5, 5.41) is 21.9. The summed E-state index contributed by atoms with van der Waals surface area (Å²) in [4.78, 5) is 13.4. The highest BCUT2D eigenvalue weighted by molar-refractivity contribution is 7.80. The number of rotatable bonds is 4. The molecule has 9 heteroatoms. The van der Waals surface area contributed by atoms with Crippen LogP contribution in [0.25, 0.3) is 26.3 Å². The van der Waals surface area contributed by atoms with Crippen LogP contribution in [0.4, 0.5) is 5.69 Å². The topological polar surface area (TPSA) is 84.2 Å². The molecule has 5 aromatic rings. The maximum Gasteiger partial charge on any atom is 0.257 e. The maximum atomic E-state index is 12.6. The predicted molar refractivity (Wildman–Crippen MR) is 131 cm³/mol. The van der Waals surface area contributed by atoms with Crippen LogP contribution in [0, 0.1) is 0 Å². The van der Waals surface area contributed by atoms with E-state index in [9.17, 15) is 4.79 Å². The number of fused-ring (bicyclic) bond motifs is 2. The highest BCUT2D eigenvalue weighted by atomic mass is 32.1. The molecule has 0 unspecified atom stereocenters. The summed E-state index contributed by atoms with van der Waals surface area (Å²) < 4.78 is 1.77. The fraction of sp³-hybridized carbons (Fsp3) is 0.0870. The van der Waals surface area contributed by atoms with Crippen LogP contribution in [0.15, 0.2) is 66.7 Å². The van der Waals surface area contributed by atoms with Crippen molar-refractivity contribution in [3.63, 3.8) is 0 Å². The number of amides is 1. The van der Waals surface area contributed by atoms with E-state index in [1.807, 2.05) is 67.6 Å². The third-order valence-corrected chi connectivity index (χ3v) is 6.13. The van der Waals surface area contributed by atoms with E-state index in [0.29, 0.717) is 5.56 Å². The first-order valence-electron chi connectivity index (χ1n) is 10.0. The Balaban J connectivity index is 1.30. The molecule has 0 radical (unpaired) electrons. The highest BCUT2D eigenvalue weighted by Crippen LogP contribution is 2.27. The molecule has 0 saturated carbocycles. The van der Waals surface area contributed by atoms with Crippen LogP contribution in [0.5, 0.6) is 0 Å². The third kappa shape index (κ3) is 3.95. The number of anilines is 1. The normalized spacial score (nSPS) is 11.0. The number of benzene rings is 3. The Morgan fingerprint density at radius 1 is 1.03 bits per heavy atom. The van der Waals surface area contributed by atoms with Gasteiger partial charge in [-0.25, -0.2) is 0 Å². The first-order chi connectivity index (χ1) is 15.6. The van der Waals surface area contributed by atoms with E-state index in [4.69, 9.17) is 12.2 Å². The molecule has 2 heterocycles. The van der Waals surface area contributed by atoms with Gasteiger partial charge < -0.3 is 5.32 Å². The van der Waals surface area contributed by atoms with Crippen LogP contribution in [-0.4, -0.2) is 30.8 Å². The van der Waals surface area contributed by atoms with E-state index in [1.54, 1.807) is 10.6 Å². The number of hydrogen-bond acceptors (Lipinski definition) is 6. The fourth-order valence-electron chi connectivity index (χ4n) is 3.39. The average Bonchev–Trinajstić information content (AvgIpc) is 3.39. The molecule has 2 aromatic heterocycles. The molecule has 0 saturated heterocycles. The standard InChI is InChI=1S/C23H18N6OS2/c1-2-19-26-27-23-29(19)28-21(32-23)17-8-5-9-18(13-17)24-22(31)25-20(30)16-11-10-14-6-3-4-7-15(14)12-16/h3-13H,2H2,1H3,(H2,24,25,30,31). The van der Waals surface area contributed by atoms with Crippen molar-refractivity contribution in [2.24, 2.45) is 0 Å². The van der Waals surface area contributed by atoms with Gasteiger partial charge in [-0.1, -0.05) is 60.7 Å². The lowest BCUT2D eigenvalue weighted by molar-refractivity contribution is 0.0978. The molecular weight excluding hydrogens is 440 g/mol. The molecule has 0 fully saturated rings. The average molecular weight is 459 g/mol. The molecular formula is C23H18N6OS2. The van der Waals surface area contributed by atoms with Crippen molar-refractivity contribution in [2.45, 2.75) is 13.3 Å². The fourth-order valence-corrected chi connectivity index (χ4v) is 4.46. The molecule has 0 spiro atoms. The lowest BCUT2D eigenvalue weighted by Gasteiger charge is -2.11. The number of carbonyl (C=O) groups is 1. The first-order valence-corrected chi connectivity index (χ1v) is 11.3. The first kappa shape index (κ1) is 20.2. The van der Waals surface area contributed by atoms with Gasteiger partial charge in [0.1, 0.15) is 5.01 Å². The van der Waals surface area contributed by atoms with E-state index in [0.717, 1.165) is 44.2 Å². The molecule has 32 heavy (non-hydrogen) atoms. The summed E-state index contributed by atoms with van der Waals surface area (Å²) in [6.07, 6.45) is 0.761. The van der Waals surface area contributed by atoms with Crippen molar-refractivity contribution in [1.29, 1.82) is 0 Å². The van der Waals surface area contributed by atoms with Crippen molar-refractivity contribution >= 4 is 56.0 Å². The van der Waals surface area contributed by atoms with Crippen LogP contribution in [-0.2, 0) is 6.42 Å². The lowest BCUT2D eigenvalue weighted by atomic mass is 10.1. The third-order valence-electron chi connectivity index (χ3n) is 4.98. The van der Waals surface area contributed by atoms with E-state index in [-0.39, 0.29) is 11.0 Å². The maximum absolute atomic E-state index is 12.6. The quantitative estimate of drug-likeness (QED) is 0.380. The molecule has 1 amide bonds. The molecule has 2 N–H and O–H groups in total. The molecule has 7 nitrogen and oxygen atoms in total. The minimum atomic E-state index is -0.259. The van der Waals surface area contributed by atoms with E-state index in [1.165, 1.54) is 11.3 Å². The summed E-state index contributed by atoms with van der Waals surface area (Å²) in [7, 11) is 0. The number of carbonyl (C=O) groups excluding carboxylic acids is 1. The van der Waals surface area contributed by atoms with Gasteiger partial charge in [0.05, 0.1) is 0 Å². The van der Waals surface area contributed by atoms with Crippen LogP contribution >= 0.6 is 23.6 Å². The number of aryl methyl sites for hydroxylation is 1. The highest BCUT2D eigenvalue weighted by Gasteiger charge is 2.13. The second-order valence-corrected chi connectivity index (χ2v) is 8.49. The van der Waals surface area contributed by atoms with Crippen molar-refractivity contribution in [3.05, 3.63) is 78.1 Å². The van der Waals surface area contributed by atoms with Gasteiger partial charge in [0.15, 0.2) is 10.9 Å². The van der Waals surface area contributed by atoms with Crippen LogP contribution in [0.1, 0.15) is 23.1 Å². The van der Waals surface area contributed by atoms with E-state index >= 15 is 0 Å². The second kappa shape index (κ2) is 8.45. The van der Waals surface area contributed by atoms with E-state index < -0.39 is 0 Å². The SMILES string of the molecule is CCc1nnc2sc(-c3cccc(NC(=S)NC(=O)c4ccc5ccccc5c4)c3)nn12. The Kier molecular flexibility index (Phi) is 5.34. The molecule has 0 atom stereocenters. The lowest BCUT2D eigenvalue weighted by Crippen LogP contribution is -2.34. The Morgan fingerprint density at radius 3 is 2.72 bits per heavy atom. The zero-order valence-corrected chi connectivity index (χ0v) is 18.7. The van der Waals surface area contributed by atoms with Crippen molar-refractivity contribution < 1.29 is 4.79 Å². The number of hydrogen-bond donors (Lipinski definition) is 2. The van der Waals surface area contributed by atoms with E-state index in [2.05, 4.69) is 25.9 Å². The molecule has 5 rings (SSSR count). The number of aromatic nitrogens is 4. The minimum absolute atomic E-state index is 0.228. The molecule has 0 aliphatic carbocycles.